The number of nitrogens with zero attached hydrogens (tertiary/aromatic N) is 3. The maximum atomic E-state index is 9.19. The van der Waals surface area contributed by atoms with Crippen molar-refractivity contribution in [2.24, 2.45) is 0 Å². The second-order valence-corrected chi connectivity index (χ2v) is 4.67. The molecule has 1 atom stereocenters. The molecule has 5 heteroatoms. The van der Waals surface area contributed by atoms with Crippen molar-refractivity contribution >= 4 is 11.3 Å². The van der Waals surface area contributed by atoms with E-state index in [1.165, 1.54) is 0 Å². The molecule has 0 amide bonds. The van der Waals surface area contributed by atoms with Gasteiger partial charge in [-0.15, -0.1) is 11.3 Å². The lowest BCUT2D eigenvalue weighted by Gasteiger charge is -2.30. The highest BCUT2D eigenvalue weighted by molar-refractivity contribution is 7.09. The highest BCUT2D eigenvalue weighted by Gasteiger charge is 2.23. The molecule has 1 saturated heterocycles. The van der Waals surface area contributed by atoms with Gasteiger partial charge in [-0.1, -0.05) is 0 Å². The SMILES string of the molecule is Cc1nc(C(C#N)N2CCNCC2)cs1. The smallest absolute Gasteiger partial charge is 0.141 e. The molecule has 0 radical (unpaired) electrons. The van der Waals surface area contributed by atoms with Crippen LogP contribution in [-0.4, -0.2) is 36.1 Å². The molecule has 0 spiro atoms. The van der Waals surface area contributed by atoms with Crippen molar-refractivity contribution in [1.82, 2.24) is 15.2 Å². The molecule has 1 aromatic rings. The number of nitrogens with one attached hydrogen (secondary N) is 1. The third-order valence-electron chi connectivity index (χ3n) is 2.56. The van der Waals surface area contributed by atoms with E-state index in [1.54, 1.807) is 11.3 Å². The second-order valence-electron chi connectivity index (χ2n) is 3.61. The van der Waals surface area contributed by atoms with E-state index in [0.29, 0.717) is 0 Å². The Bertz CT molecular complexity index is 362. The molecular formula is C10H14N4S. The highest BCUT2D eigenvalue weighted by atomic mass is 32.1. The van der Waals surface area contributed by atoms with Crippen LogP contribution in [0.4, 0.5) is 0 Å². The van der Waals surface area contributed by atoms with Gasteiger partial charge in [0, 0.05) is 31.6 Å². The van der Waals surface area contributed by atoms with Crippen molar-refractivity contribution in [2.75, 3.05) is 26.2 Å². The molecule has 2 heterocycles. The zero-order chi connectivity index (χ0) is 10.7. The van der Waals surface area contributed by atoms with Crippen molar-refractivity contribution < 1.29 is 0 Å². The molecule has 1 aromatic heterocycles. The molecule has 80 valence electrons. The molecule has 2 rings (SSSR count). The summed E-state index contributed by atoms with van der Waals surface area (Å²) in [6.45, 7) is 5.74. The van der Waals surface area contributed by atoms with Crippen LogP contribution < -0.4 is 5.32 Å². The number of aromatic nitrogens is 1. The minimum absolute atomic E-state index is 0.169. The van der Waals surface area contributed by atoms with Crippen LogP contribution >= 0.6 is 11.3 Å². The summed E-state index contributed by atoms with van der Waals surface area (Å²) >= 11 is 1.61. The van der Waals surface area contributed by atoms with Gasteiger partial charge >= 0.3 is 0 Å². The number of aryl methyl sites for hydroxylation is 1. The van der Waals surface area contributed by atoms with Gasteiger partial charge < -0.3 is 5.32 Å². The molecule has 1 unspecified atom stereocenters. The van der Waals surface area contributed by atoms with E-state index >= 15 is 0 Å². The normalized spacial score (nSPS) is 19.7. The van der Waals surface area contributed by atoms with Crippen LogP contribution in [0, 0.1) is 18.3 Å². The monoisotopic (exact) mass is 222 g/mol. The van der Waals surface area contributed by atoms with Crippen LogP contribution in [0.25, 0.3) is 0 Å². The number of hydrogen-bond acceptors (Lipinski definition) is 5. The summed E-state index contributed by atoms with van der Waals surface area (Å²) in [6.07, 6.45) is 0. The maximum absolute atomic E-state index is 9.19. The fraction of sp³-hybridized carbons (Fsp3) is 0.600. The quantitative estimate of drug-likeness (QED) is 0.808. The highest BCUT2D eigenvalue weighted by Crippen LogP contribution is 2.21. The average molecular weight is 222 g/mol. The molecule has 1 aliphatic heterocycles. The van der Waals surface area contributed by atoms with Gasteiger partial charge in [0.05, 0.1) is 16.8 Å². The Morgan fingerprint density at radius 1 is 1.60 bits per heavy atom. The molecular weight excluding hydrogens is 208 g/mol. The van der Waals surface area contributed by atoms with Crippen molar-refractivity contribution in [3.05, 3.63) is 16.1 Å². The first-order valence-corrected chi connectivity index (χ1v) is 5.95. The Morgan fingerprint density at radius 3 is 2.87 bits per heavy atom. The van der Waals surface area contributed by atoms with Crippen LogP contribution in [0.5, 0.6) is 0 Å². The summed E-state index contributed by atoms with van der Waals surface area (Å²) in [4.78, 5) is 6.58. The number of piperazine rings is 1. The summed E-state index contributed by atoms with van der Waals surface area (Å²) in [6, 6.07) is 2.17. The Hall–Kier alpha value is -0.960. The minimum atomic E-state index is -0.169. The van der Waals surface area contributed by atoms with E-state index in [2.05, 4.69) is 21.3 Å². The van der Waals surface area contributed by atoms with Crippen LogP contribution in [0.2, 0.25) is 0 Å². The Labute approximate surface area is 93.5 Å². The van der Waals surface area contributed by atoms with Gasteiger partial charge in [0.2, 0.25) is 0 Å². The molecule has 0 bridgehead atoms. The van der Waals surface area contributed by atoms with Crippen LogP contribution in [0.15, 0.2) is 5.38 Å². The van der Waals surface area contributed by atoms with E-state index in [4.69, 9.17) is 0 Å². The summed E-state index contributed by atoms with van der Waals surface area (Å²) in [5.41, 5.74) is 0.905. The Kier molecular flexibility index (Phi) is 3.31. The Balaban J connectivity index is 2.13. The van der Waals surface area contributed by atoms with Crippen molar-refractivity contribution in [3.8, 4) is 6.07 Å². The lowest BCUT2D eigenvalue weighted by Crippen LogP contribution is -2.44. The minimum Gasteiger partial charge on any atom is -0.314 e. The summed E-state index contributed by atoms with van der Waals surface area (Å²) in [5.74, 6) is 0. The third-order valence-corrected chi connectivity index (χ3v) is 3.35. The lowest BCUT2D eigenvalue weighted by molar-refractivity contribution is 0.205. The summed E-state index contributed by atoms with van der Waals surface area (Å²) in [5, 5.41) is 15.5. The molecule has 1 N–H and O–H groups in total. The van der Waals surface area contributed by atoms with E-state index < -0.39 is 0 Å². The Morgan fingerprint density at radius 2 is 2.33 bits per heavy atom. The molecule has 0 aromatic carbocycles. The van der Waals surface area contributed by atoms with Crippen molar-refractivity contribution in [3.63, 3.8) is 0 Å². The molecule has 15 heavy (non-hydrogen) atoms. The largest absolute Gasteiger partial charge is 0.314 e. The summed E-state index contributed by atoms with van der Waals surface area (Å²) < 4.78 is 0. The predicted molar refractivity (Wildman–Crippen MR) is 59.6 cm³/mol. The van der Waals surface area contributed by atoms with Gasteiger partial charge in [0.25, 0.3) is 0 Å². The van der Waals surface area contributed by atoms with E-state index in [1.807, 2.05) is 12.3 Å². The van der Waals surface area contributed by atoms with Gasteiger partial charge in [-0.25, -0.2) is 4.98 Å². The van der Waals surface area contributed by atoms with Crippen LogP contribution in [-0.2, 0) is 0 Å². The number of thiazole rings is 1. The maximum Gasteiger partial charge on any atom is 0.141 e. The van der Waals surface area contributed by atoms with Gasteiger partial charge in [-0.3, -0.25) is 4.90 Å². The fourth-order valence-electron chi connectivity index (χ4n) is 1.78. The van der Waals surface area contributed by atoms with Gasteiger partial charge in [-0.05, 0) is 6.92 Å². The molecule has 0 saturated carbocycles. The van der Waals surface area contributed by atoms with Gasteiger partial charge in [0.15, 0.2) is 0 Å². The fourth-order valence-corrected chi connectivity index (χ4v) is 2.41. The molecule has 1 aliphatic rings. The van der Waals surface area contributed by atoms with E-state index in [0.717, 1.165) is 36.9 Å². The first kappa shape index (κ1) is 10.6. The molecule has 4 nitrogen and oxygen atoms in total. The van der Waals surface area contributed by atoms with E-state index in [-0.39, 0.29) is 6.04 Å². The summed E-state index contributed by atoms with van der Waals surface area (Å²) in [7, 11) is 0. The van der Waals surface area contributed by atoms with Crippen LogP contribution in [0.3, 0.4) is 0 Å². The third kappa shape index (κ3) is 2.34. The number of hydrogen-bond donors (Lipinski definition) is 1. The first-order valence-electron chi connectivity index (χ1n) is 5.07. The van der Waals surface area contributed by atoms with Crippen molar-refractivity contribution in [1.29, 1.82) is 5.26 Å². The first-order chi connectivity index (χ1) is 7.31. The second kappa shape index (κ2) is 4.71. The number of nitriles is 1. The zero-order valence-electron chi connectivity index (χ0n) is 8.73. The average Bonchev–Trinajstić information content (AvgIpc) is 2.68. The lowest BCUT2D eigenvalue weighted by atomic mass is 10.2. The van der Waals surface area contributed by atoms with E-state index in [9.17, 15) is 5.26 Å². The van der Waals surface area contributed by atoms with Gasteiger partial charge in [-0.2, -0.15) is 5.26 Å². The predicted octanol–water partition coefficient (Wildman–Crippen LogP) is 0.921. The van der Waals surface area contributed by atoms with Gasteiger partial charge in [0.1, 0.15) is 6.04 Å². The number of rotatable bonds is 2. The molecule has 0 aliphatic carbocycles. The molecule has 1 fully saturated rings. The standard InChI is InChI=1S/C10H14N4S/c1-8-13-9(7-15-8)10(6-11)14-4-2-12-3-5-14/h7,10,12H,2-5H2,1H3. The zero-order valence-corrected chi connectivity index (χ0v) is 9.55. The van der Waals surface area contributed by atoms with Crippen molar-refractivity contribution in [2.45, 2.75) is 13.0 Å². The topological polar surface area (TPSA) is 52.0 Å². The van der Waals surface area contributed by atoms with Crippen LogP contribution in [0.1, 0.15) is 16.7 Å².